The predicted octanol–water partition coefficient (Wildman–Crippen LogP) is 2.33. The molecule has 0 aromatic heterocycles. The van der Waals surface area contributed by atoms with Crippen molar-refractivity contribution in [2.24, 2.45) is 4.99 Å². The largest absolute Gasteiger partial charge is 0.489 e. The normalized spacial score (nSPS) is 19.4. The Morgan fingerprint density at radius 1 is 1.39 bits per heavy atom. The van der Waals surface area contributed by atoms with Crippen LogP contribution in [0.1, 0.15) is 26.7 Å². The summed E-state index contributed by atoms with van der Waals surface area (Å²) in [5.74, 6) is 1.14. The molecule has 0 bridgehead atoms. The third-order valence-electron chi connectivity index (χ3n) is 3.52. The average Bonchev–Trinajstić information content (AvgIpc) is 3.06. The zero-order valence-corrected chi connectivity index (χ0v) is 13.8. The number of hydrogen-bond donors (Lipinski definition) is 2. The fraction of sp³-hybridized carbons (Fsp3) is 0.588. The van der Waals surface area contributed by atoms with Crippen molar-refractivity contribution in [3.05, 3.63) is 30.1 Å². The van der Waals surface area contributed by atoms with Crippen molar-refractivity contribution in [2.45, 2.75) is 38.9 Å². The van der Waals surface area contributed by atoms with Crippen LogP contribution >= 0.6 is 0 Å². The zero-order valence-electron chi connectivity index (χ0n) is 13.8. The Morgan fingerprint density at radius 2 is 2.17 bits per heavy atom. The van der Waals surface area contributed by atoms with Crippen LogP contribution in [0.15, 0.2) is 29.3 Å². The molecular formula is C17H26FN3O2. The van der Waals surface area contributed by atoms with E-state index in [0.717, 1.165) is 38.5 Å². The molecule has 1 aromatic carbocycles. The van der Waals surface area contributed by atoms with E-state index in [0.29, 0.717) is 12.3 Å². The van der Waals surface area contributed by atoms with Crippen molar-refractivity contribution in [3.63, 3.8) is 0 Å². The van der Waals surface area contributed by atoms with Crippen molar-refractivity contribution in [1.29, 1.82) is 0 Å². The average molecular weight is 323 g/mol. The quantitative estimate of drug-likeness (QED) is 0.597. The molecule has 0 aliphatic carbocycles. The smallest absolute Gasteiger partial charge is 0.191 e. The van der Waals surface area contributed by atoms with Gasteiger partial charge in [-0.25, -0.2) is 9.38 Å². The highest BCUT2D eigenvalue weighted by Gasteiger charge is 2.15. The summed E-state index contributed by atoms with van der Waals surface area (Å²) in [6.45, 7) is 6.89. The number of nitrogens with one attached hydrogen (secondary N) is 2. The number of halogens is 1. The number of hydrogen-bond acceptors (Lipinski definition) is 3. The van der Waals surface area contributed by atoms with E-state index < -0.39 is 0 Å². The second-order valence-corrected chi connectivity index (χ2v) is 5.62. The summed E-state index contributed by atoms with van der Waals surface area (Å²) < 4.78 is 24.2. The molecule has 2 N–H and O–H groups in total. The Kier molecular flexibility index (Phi) is 7.13. The summed E-state index contributed by atoms with van der Waals surface area (Å²) in [5.41, 5.74) is 0. The van der Waals surface area contributed by atoms with Gasteiger partial charge in [-0.2, -0.15) is 0 Å². The lowest BCUT2D eigenvalue weighted by atomic mass is 10.2. The SMILES string of the molecule is CCNC(=NCC(C)Oc1ccc(F)cc1)NCC1CCCO1. The third kappa shape index (κ3) is 6.44. The van der Waals surface area contributed by atoms with Gasteiger partial charge in [0, 0.05) is 19.7 Å². The lowest BCUT2D eigenvalue weighted by molar-refractivity contribution is 0.113. The molecular weight excluding hydrogens is 297 g/mol. The van der Waals surface area contributed by atoms with Crippen LogP contribution in [0.5, 0.6) is 5.75 Å². The van der Waals surface area contributed by atoms with E-state index in [1.807, 2.05) is 13.8 Å². The van der Waals surface area contributed by atoms with E-state index in [9.17, 15) is 4.39 Å². The van der Waals surface area contributed by atoms with Gasteiger partial charge < -0.3 is 20.1 Å². The first kappa shape index (κ1) is 17.5. The molecule has 2 atom stereocenters. The minimum atomic E-state index is -0.268. The third-order valence-corrected chi connectivity index (χ3v) is 3.52. The molecule has 2 rings (SSSR count). The van der Waals surface area contributed by atoms with Crippen LogP contribution in [0.3, 0.4) is 0 Å². The van der Waals surface area contributed by atoms with Crippen LogP contribution in [-0.2, 0) is 4.74 Å². The van der Waals surface area contributed by atoms with Gasteiger partial charge in [0.05, 0.1) is 12.6 Å². The maximum Gasteiger partial charge on any atom is 0.191 e. The topological polar surface area (TPSA) is 54.9 Å². The molecule has 5 nitrogen and oxygen atoms in total. The molecule has 6 heteroatoms. The van der Waals surface area contributed by atoms with E-state index >= 15 is 0 Å². The molecule has 2 unspecified atom stereocenters. The minimum absolute atomic E-state index is 0.0985. The Hall–Kier alpha value is -1.82. The molecule has 0 spiro atoms. The molecule has 0 radical (unpaired) electrons. The van der Waals surface area contributed by atoms with Crippen LogP contribution in [0.25, 0.3) is 0 Å². The van der Waals surface area contributed by atoms with Gasteiger partial charge in [0.15, 0.2) is 5.96 Å². The van der Waals surface area contributed by atoms with Gasteiger partial charge in [-0.3, -0.25) is 0 Å². The summed E-state index contributed by atoms with van der Waals surface area (Å²) >= 11 is 0. The summed E-state index contributed by atoms with van der Waals surface area (Å²) in [6.07, 6.45) is 2.39. The molecule has 1 saturated heterocycles. The van der Waals surface area contributed by atoms with Crippen molar-refractivity contribution in [2.75, 3.05) is 26.2 Å². The first-order valence-electron chi connectivity index (χ1n) is 8.23. The fourth-order valence-corrected chi connectivity index (χ4v) is 2.36. The van der Waals surface area contributed by atoms with Crippen LogP contribution in [0.2, 0.25) is 0 Å². The minimum Gasteiger partial charge on any atom is -0.489 e. The number of guanidine groups is 1. The maximum atomic E-state index is 12.9. The second kappa shape index (κ2) is 9.35. The molecule has 1 heterocycles. The van der Waals surface area contributed by atoms with Crippen molar-refractivity contribution in [1.82, 2.24) is 10.6 Å². The van der Waals surface area contributed by atoms with E-state index in [1.165, 1.54) is 12.1 Å². The lowest BCUT2D eigenvalue weighted by Gasteiger charge is -2.16. The summed E-state index contributed by atoms with van der Waals surface area (Å²) in [7, 11) is 0. The standard InChI is InChI=1S/C17H26FN3O2/c1-3-19-17(21-12-16-5-4-10-22-16)20-11-13(2)23-15-8-6-14(18)7-9-15/h6-9,13,16H,3-5,10-12H2,1-2H3,(H2,19,20,21). The van der Waals surface area contributed by atoms with Crippen molar-refractivity contribution >= 4 is 5.96 Å². The Bertz CT molecular complexity index is 487. The van der Waals surface area contributed by atoms with Gasteiger partial charge in [0.1, 0.15) is 17.7 Å². The second-order valence-electron chi connectivity index (χ2n) is 5.62. The van der Waals surface area contributed by atoms with E-state index in [1.54, 1.807) is 12.1 Å². The first-order chi connectivity index (χ1) is 11.2. The highest BCUT2D eigenvalue weighted by Crippen LogP contribution is 2.13. The number of aliphatic imine (C=N–C) groups is 1. The van der Waals surface area contributed by atoms with Gasteiger partial charge in [0.2, 0.25) is 0 Å². The Balaban J connectivity index is 1.79. The van der Waals surface area contributed by atoms with Crippen LogP contribution < -0.4 is 15.4 Å². The molecule has 1 aliphatic rings. The van der Waals surface area contributed by atoms with Crippen LogP contribution in [0.4, 0.5) is 4.39 Å². The molecule has 128 valence electrons. The Labute approximate surface area is 137 Å². The van der Waals surface area contributed by atoms with Gasteiger partial charge in [-0.15, -0.1) is 0 Å². The van der Waals surface area contributed by atoms with Gasteiger partial charge in [0.25, 0.3) is 0 Å². The first-order valence-corrected chi connectivity index (χ1v) is 8.23. The van der Waals surface area contributed by atoms with E-state index in [2.05, 4.69) is 15.6 Å². The van der Waals surface area contributed by atoms with Gasteiger partial charge in [-0.05, 0) is 51.0 Å². The molecule has 23 heavy (non-hydrogen) atoms. The van der Waals surface area contributed by atoms with Gasteiger partial charge >= 0.3 is 0 Å². The molecule has 1 aliphatic heterocycles. The fourth-order valence-electron chi connectivity index (χ4n) is 2.36. The number of benzene rings is 1. The molecule has 0 amide bonds. The highest BCUT2D eigenvalue weighted by molar-refractivity contribution is 5.79. The number of rotatable bonds is 7. The highest BCUT2D eigenvalue weighted by atomic mass is 19.1. The van der Waals surface area contributed by atoms with E-state index in [-0.39, 0.29) is 18.0 Å². The summed E-state index contributed by atoms with van der Waals surface area (Å²) in [5, 5.41) is 6.51. The summed E-state index contributed by atoms with van der Waals surface area (Å²) in [4.78, 5) is 4.53. The van der Waals surface area contributed by atoms with Gasteiger partial charge in [-0.1, -0.05) is 0 Å². The predicted molar refractivity (Wildman–Crippen MR) is 89.4 cm³/mol. The molecule has 1 fully saturated rings. The van der Waals surface area contributed by atoms with Crippen LogP contribution in [0, 0.1) is 5.82 Å². The Morgan fingerprint density at radius 3 is 2.83 bits per heavy atom. The monoisotopic (exact) mass is 323 g/mol. The number of nitrogens with zero attached hydrogens (tertiary/aromatic N) is 1. The van der Waals surface area contributed by atoms with Crippen molar-refractivity contribution in [3.8, 4) is 5.75 Å². The lowest BCUT2D eigenvalue weighted by Crippen LogP contribution is -2.41. The summed E-state index contributed by atoms with van der Waals surface area (Å²) in [6, 6.07) is 6.02. The zero-order chi connectivity index (χ0) is 16.5. The molecule has 0 saturated carbocycles. The number of ether oxygens (including phenoxy) is 2. The maximum absolute atomic E-state index is 12.9. The van der Waals surface area contributed by atoms with Crippen LogP contribution in [-0.4, -0.2) is 44.4 Å². The van der Waals surface area contributed by atoms with Crippen molar-refractivity contribution < 1.29 is 13.9 Å². The molecule has 1 aromatic rings. The van der Waals surface area contributed by atoms with E-state index in [4.69, 9.17) is 9.47 Å².